The maximum absolute atomic E-state index is 12.4. The summed E-state index contributed by atoms with van der Waals surface area (Å²) in [4.78, 5) is 0.181. The van der Waals surface area contributed by atoms with E-state index in [0.717, 1.165) is 0 Å². The standard InChI is InChI=1S/C14H19N3O4S/c1-9-14(10(2)17-16-9)22(18,19)15-8-11-5-6-12(20-3)7-13(11)21-4/h5-7,15H,8H2,1-4H3,(H,16,17). The molecule has 2 aromatic rings. The van der Waals surface area contributed by atoms with Gasteiger partial charge in [-0.3, -0.25) is 5.10 Å². The van der Waals surface area contributed by atoms with Crippen molar-refractivity contribution in [2.24, 2.45) is 0 Å². The van der Waals surface area contributed by atoms with Gasteiger partial charge in [0.25, 0.3) is 0 Å². The number of benzene rings is 1. The van der Waals surface area contributed by atoms with Gasteiger partial charge in [0.15, 0.2) is 0 Å². The van der Waals surface area contributed by atoms with Crippen molar-refractivity contribution in [1.29, 1.82) is 0 Å². The van der Waals surface area contributed by atoms with Gasteiger partial charge < -0.3 is 9.47 Å². The number of nitrogens with one attached hydrogen (secondary N) is 2. The number of aromatic nitrogens is 2. The quantitative estimate of drug-likeness (QED) is 0.840. The normalized spacial score (nSPS) is 11.5. The monoisotopic (exact) mass is 325 g/mol. The zero-order chi connectivity index (χ0) is 16.3. The van der Waals surface area contributed by atoms with Crippen LogP contribution >= 0.6 is 0 Å². The molecule has 0 saturated carbocycles. The SMILES string of the molecule is COc1ccc(CNS(=O)(=O)c2c(C)n[nH]c2C)c(OC)c1. The van der Waals surface area contributed by atoms with E-state index in [1.807, 2.05) is 0 Å². The molecule has 0 saturated heterocycles. The molecule has 1 aromatic heterocycles. The molecule has 2 N–H and O–H groups in total. The first-order valence-electron chi connectivity index (χ1n) is 6.61. The van der Waals surface area contributed by atoms with E-state index in [1.165, 1.54) is 7.11 Å². The molecule has 120 valence electrons. The Bertz CT molecular complexity index is 749. The molecule has 0 aliphatic carbocycles. The molecule has 0 atom stereocenters. The topological polar surface area (TPSA) is 93.3 Å². The van der Waals surface area contributed by atoms with Crippen LogP contribution in [0.1, 0.15) is 17.0 Å². The van der Waals surface area contributed by atoms with Crippen molar-refractivity contribution >= 4 is 10.0 Å². The van der Waals surface area contributed by atoms with E-state index in [0.29, 0.717) is 28.5 Å². The van der Waals surface area contributed by atoms with Crippen LogP contribution in [0.5, 0.6) is 11.5 Å². The van der Waals surface area contributed by atoms with E-state index in [2.05, 4.69) is 14.9 Å². The summed E-state index contributed by atoms with van der Waals surface area (Å²) in [6.07, 6.45) is 0. The van der Waals surface area contributed by atoms with Gasteiger partial charge in [-0.15, -0.1) is 0 Å². The van der Waals surface area contributed by atoms with Crippen LogP contribution in [-0.2, 0) is 16.6 Å². The van der Waals surface area contributed by atoms with Crippen molar-refractivity contribution in [2.45, 2.75) is 25.3 Å². The van der Waals surface area contributed by atoms with Crippen LogP contribution in [0.25, 0.3) is 0 Å². The predicted molar refractivity (Wildman–Crippen MR) is 81.6 cm³/mol. The average Bonchev–Trinajstić information content (AvgIpc) is 2.84. The fourth-order valence-electron chi connectivity index (χ4n) is 2.18. The highest BCUT2D eigenvalue weighted by molar-refractivity contribution is 7.89. The van der Waals surface area contributed by atoms with Gasteiger partial charge >= 0.3 is 0 Å². The first-order valence-corrected chi connectivity index (χ1v) is 8.09. The maximum atomic E-state index is 12.4. The largest absolute Gasteiger partial charge is 0.497 e. The minimum absolute atomic E-state index is 0.111. The fraction of sp³-hybridized carbons (Fsp3) is 0.357. The Morgan fingerprint density at radius 2 is 1.95 bits per heavy atom. The Labute approximate surface area is 129 Å². The summed E-state index contributed by atoms with van der Waals surface area (Å²) in [5.74, 6) is 1.20. The summed E-state index contributed by atoms with van der Waals surface area (Å²) < 4.78 is 37.7. The molecular weight excluding hydrogens is 306 g/mol. The number of hydrogen-bond donors (Lipinski definition) is 2. The summed E-state index contributed by atoms with van der Waals surface area (Å²) in [6, 6.07) is 5.22. The number of ether oxygens (including phenoxy) is 2. The van der Waals surface area contributed by atoms with E-state index in [1.54, 1.807) is 39.2 Å². The van der Waals surface area contributed by atoms with Crippen LogP contribution in [0, 0.1) is 13.8 Å². The number of sulfonamides is 1. The highest BCUT2D eigenvalue weighted by atomic mass is 32.2. The van der Waals surface area contributed by atoms with Crippen LogP contribution < -0.4 is 14.2 Å². The first-order chi connectivity index (χ1) is 10.4. The average molecular weight is 325 g/mol. The second-order valence-corrected chi connectivity index (χ2v) is 6.47. The zero-order valence-electron chi connectivity index (χ0n) is 12.9. The number of aromatic amines is 1. The van der Waals surface area contributed by atoms with Crippen molar-refractivity contribution in [3.05, 3.63) is 35.2 Å². The van der Waals surface area contributed by atoms with Gasteiger partial charge in [0.05, 0.1) is 25.6 Å². The van der Waals surface area contributed by atoms with Gasteiger partial charge in [-0.25, -0.2) is 13.1 Å². The number of H-pyrrole nitrogens is 1. The fourth-order valence-corrected chi connectivity index (χ4v) is 3.55. The molecule has 7 nitrogen and oxygen atoms in total. The number of rotatable bonds is 6. The van der Waals surface area contributed by atoms with E-state index in [9.17, 15) is 8.42 Å². The third kappa shape index (κ3) is 3.23. The lowest BCUT2D eigenvalue weighted by atomic mass is 10.2. The van der Waals surface area contributed by atoms with E-state index < -0.39 is 10.0 Å². The molecule has 0 bridgehead atoms. The Balaban J connectivity index is 2.23. The third-order valence-corrected chi connectivity index (χ3v) is 4.94. The molecule has 0 aliphatic rings. The van der Waals surface area contributed by atoms with Crippen molar-refractivity contribution < 1.29 is 17.9 Å². The number of methoxy groups -OCH3 is 2. The molecule has 0 spiro atoms. The Hall–Kier alpha value is -2.06. The van der Waals surface area contributed by atoms with Crippen LogP contribution in [0.15, 0.2) is 23.1 Å². The minimum Gasteiger partial charge on any atom is -0.497 e. The van der Waals surface area contributed by atoms with Gasteiger partial charge in [0.2, 0.25) is 10.0 Å². The lowest BCUT2D eigenvalue weighted by Gasteiger charge is -2.12. The predicted octanol–water partition coefficient (Wildman–Crippen LogP) is 1.52. The molecule has 22 heavy (non-hydrogen) atoms. The molecule has 1 heterocycles. The molecule has 0 aliphatic heterocycles. The van der Waals surface area contributed by atoms with Crippen LogP contribution in [0.2, 0.25) is 0 Å². The summed E-state index contributed by atoms with van der Waals surface area (Å²) in [6.45, 7) is 3.42. The number of hydrogen-bond acceptors (Lipinski definition) is 5. The van der Waals surface area contributed by atoms with Gasteiger partial charge in [-0.05, 0) is 19.9 Å². The summed E-state index contributed by atoms with van der Waals surface area (Å²) in [5.41, 5.74) is 1.66. The van der Waals surface area contributed by atoms with Crippen LogP contribution in [0.3, 0.4) is 0 Å². The summed E-state index contributed by atoms with van der Waals surface area (Å²) >= 11 is 0. The van der Waals surface area contributed by atoms with E-state index in [4.69, 9.17) is 9.47 Å². The van der Waals surface area contributed by atoms with Crippen molar-refractivity contribution in [3.8, 4) is 11.5 Å². The zero-order valence-corrected chi connectivity index (χ0v) is 13.7. The molecule has 8 heteroatoms. The highest BCUT2D eigenvalue weighted by Crippen LogP contribution is 2.25. The smallest absolute Gasteiger partial charge is 0.244 e. The lowest BCUT2D eigenvalue weighted by molar-refractivity contribution is 0.390. The minimum atomic E-state index is -3.65. The van der Waals surface area contributed by atoms with Gasteiger partial charge in [-0.1, -0.05) is 6.07 Å². The highest BCUT2D eigenvalue weighted by Gasteiger charge is 2.22. The Morgan fingerprint density at radius 3 is 2.50 bits per heavy atom. The van der Waals surface area contributed by atoms with E-state index >= 15 is 0 Å². The summed E-state index contributed by atoms with van der Waals surface area (Å²) in [5, 5.41) is 6.58. The van der Waals surface area contributed by atoms with Gasteiger partial charge in [-0.2, -0.15) is 5.10 Å². The summed E-state index contributed by atoms with van der Waals surface area (Å²) in [7, 11) is -0.566. The van der Waals surface area contributed by atoms with E-state index in [-0.39, 0.29) is 11.4 Å². The maximum Gasteiger partial charge on any atom is 0.244 e. The number of aryl methyl sites for hydroxylation is 2. The molecule has 2 rings (SSSR count). The van der Waals surface area contributed by atoms with Gasteiger partial charge in [0, 0.05) is 18.2 Å². The molecular formula is C14H19N3O4S. The van der Waals surface area contributed by atoms with Crippen molar-refractivity contribution in [3.63, 3.8) is 0 Å². The second-order valence-electron chi connectivity index (χ2n) is 4.77. The molecule has 1 aromatic carbocycles. The molecule has 0 amide bonds. The van der Waals surface area contributed by atoms with Gasteiger partial charge in [0.1, 0.15) is 16.4 Å². The molecule has 0 radical (unpaired) electrons. The molecule has 0 unspecified atom stereocenters. The Morgan fingerprint density at radius 1 is 1.23 bits per heavy atom. The lowest BCUT2D eigenvalue weighted by Crippen LogP contribution is -2.24. The van der Waals surface area contributed by atoms with Crippen molar-refractivity contribution in [2.75, 3.05) is 14.2 Å². The first kappa shape index (κ1) is 16.3. The van der Waals surface area contributed by atoms with Crippen molar-refractivity contribution in [1.82, 2.24) is 14.9 Å². The molecule has 0 fully saturated rings. The third-order valence-electron chi connectivity index (χ3n) is 3.28. The van der Waals surface area contributed by atoms with Crippen LogP contribution in [0.4, 0.5) is 0 Å². The number of nitrogens with zero attached hydrogens (tertiary/aromatic N) is 1. The Kier molecular flexibility index (Phi) is 4.72. The van der Waals surface area contributed by atoms with Crippen LogP contribution in [-0.4, -0.2) is 32.8 Å². The second kappa shape index (κ2) is 6.37.